The molecule has 0 radical (unpaired) electrons. The van der Waals surface area contributed by atoms with Crippen LogP contribution in [0.3, 0.4) is 0 Å². The van der Waals surface area contributed by atoms with E-state index in [1.54, 1.807) is 13.0 Å². The van der Waals surface area contributed by atoms with Gasteiger partial charge >= 0.3 is 0 Å². The molecule has 1 amide bonds. The van der Waals surface area contributed by atoms with Gasteiger partial charge in [-0.25, -0.2) is 9.07 Å². The van der Waals surface area contributed by atoms with Gasteiger partial charge in [0, 0.05) is 23.4 Å². The second kappa shape index (κ2) is 8.05. The molecule has 3 aromatic rings. The molecule has 0 aliphatic rings. The van der Waals surface area contributed by atoms with Crippen LogP contribution in [0.25, 0.3) is 11.4 Å². The standard InChI is InChI=1S/C17H15FN6O3S/c1-10(16(25)20-13-3-2-4-14(9-13)24(26)27)28-17-22-21-15(23(17)19)11-5-7-12(18)8-6-11/h2-10H,19H2,1H3,(H,20,25). The van der Waals surface area contributed by atoms with Crippen LogP contribution in [0.4, 0.5) is 15.8 Å². The summed E-state index contributed by atoms with van der Waals surface area (Å²) >= 11 is 1.07. The molecule has 3 rings (SSSR count). The molecule has 0 saturated heterocycles. The lowest BCUT2D eigenvalue weighted by atomic mass is 10.2. The first kappa shape index (κ1) is 19.3. The van der Waals surface area contributed by atoms with Crippen LogP contribution in [0.2, 0.25) is 0 Å². The number of benzene rings is 2. The fourth-order valence-electron chi connectivity index (χ4n) is 2.31. The molecule has 0 spiro atoms. The van der Waals surface area contributed by atoms with Gasteiger partial charge in [-0.15, -0.1) is 10.2 Å². The van der Waals surface area contributed by atoms with E-state index in [4.69, 9.17) is 5.84 Å². The average Bonchev–Trinajstić information content (AvgIpc) is 3.03. The Hall–Kier alpha value is -3.47. The number of nitrogens with one attached hydrogen (secondary N) is 1. The molecular formula is C17H15FN6O3S. The van der Waals surface area contributed by atoms with Crippen molar-refractivity contribution in [1.29, 1.82) is 0 Å². The smallest absolute Gasteiger partial charge is 0.271 e. The number of nitrogens with zero attached hydrogens (tertiary/aromatic N) is 4. The Morgan fingerprint density at radius 1 is 1.29 bits per heavy atom. The van der Waals surface area contributed by atoms with Crippen LogP contribution < -0.4 is 11.2 Å². The third-order valence-electron chi connectivity index (χ3n) is 3.74. The molecule has 0 saturated carbocycles. The lowest BCUT2D eigenvalue weighted by Gasteiger charge is -2.11. The summed E-state index contributed by atoms with van der Waals surface area (Å²) < 4.78 is 14.3. The molecule has 11 heteroatoms. The van der Waals surface area contributed by atoms with Crippen LogP contribution in [0.5, 0.6) is 0 Å². The Morgan fingerprint density at radius 3 is 2.68 bits per heavy atom. The van der Waals surface area contributed by atoms with E-state index in [0.29, 0.717) is 22.2 Å². The largest absolute Gasteiger partial charge is 0.335 e. The molecule has 1 atom stereocenters. The summed E-state index contributed by atoms with van der Waals surface area (Å²) in [5.41, 5.74) is 0.772. The van der Waals surface area contributed by atoms with Gasteiger partial charge in [0.25, 0.3) is 5.69 Å². The number of carbonyl (C=O) groups excluding carboxylic acids is 1. The second-order valence-corrected chi connectivity index (χ2v) is 7.05. The Bertz CT molecular complexity index is 1020. The van der Waals surface area contributed by atoms with E-state index in [1.165, 1.54) is 47.1 Å². The minimum Gasteiger partial charge on any atom is -0.335 e. The number of aromatic nitrogens is 3. The summed E-state index contributed by atoms with van der Waals surface area (Å²) in [5, 5.41) is 21.1. The number of amides is 1. The lowest BCUT2D eigenvalue weighted by Crippen LogP contribution is -2.23. The first-order valence-corrected chi connectivity index (χ1v) is 8.91. The van der Waals surface area contributed by atoms with Crippen molar-refractivity contribution in [2.24, 2.45) is 0 Å². The highest BCUT2D eigenvalue weighted by molar-refractivity contribution is 8.00. The SMILES string of the molecule is CC(Sc1nnc(-c2ccc(F)cc2)n1N)C(=O)Nc1cccc([N+](=O)[O-])c1. The highest BCUT2D eigenvalue weighted by atomic mass is 32.2. The maximum absolute atomic E-state index is 13.1. The summed E-state index contributed by atoms with van der Waals surface area (Å²) in [4.78, 5) is 22.7. The van der Waals surface area contributed by atoms with Crippen LogP contribution in [0.15, 0.2) is 53.7 Å². The molecule has 9 nitrogen and oxygen atoms in total. The minimum atomic E-state index is -0.605. The summed E-state index contributed by atoms with van der Waals surface area (Å²) in [6, 6.07) is 11.3. The number of hydrogen-bond acceptors (Lipinski definition) is 7. The maximum Gasteiger partial charge on any atom is 0.271 e. The topological polar surface area (TPSA) is 129 Å². The normalized spacial score (nSPS) is 11.8. The molecule has 3 N–H and O–H groups in total. The van der Waals surface area contributed by atoms with E-state index in [0.717, 1.165) is 11.8 Å². The molecule has 1 heterocycles. The molecule has 144 valence electrons. The first-order valence-electron chi connectivity index (χ1n) is 8.03. The number of thioether (sulfide) groups is 1. The third kappa shape index (κ3) is 4.26. The van der Waals surface area contributed by atoms with E-state index in [2.05, 4.69) is 15.5 Å². The summed E-state index contributed by atoms with van der Waals surface area (Å²) in [5.74, 6) is 5.57. The van der Waals surface area contributed by atoms with Crippen LogP contribution in [-0.2, 0) is 4.79 Å². The van der Waals surface area contributed by atoms with E-state index >= 15 is 0 Å². The van der Waals surface area contributed by atoms with Crippen LogP contribution >= 0.6 is 11.8 Å². The van der Waals surface area contributed by atoms with Crippen LogP contribution in [-0.4, -0.2) is 31.0 Å². The fraction of sp³-hybridized carbons (Fsp3) is 0.118. The first-order chi connectivity index (χ1) is 13.3. The van der Waals surface area contributed by atoms with Crippen molar-refractivity contribution in [3.05, 3.63) is 64.5 Å². The highest BCUT2D eigenvalue weighted by Gasteiger charge is 2.20. The van der Waals surface area contributed by atoms with Gasteiger partial charge in [0.05, 0.1) is 10.2 Å². The molecule has 2 aromatic carbocycles. The van der Waals surface area contributed by atoms with Gasteiger partial charge in [-0.2, -0.15) is 0 Å². The molecular weight excluding hydrogens is 387 g/mol. The van der Waals surface area contributed by atoms with E-state index < -0.39 is 10.2 Å². The van der Waals surface area contributed by atoms with Crippen molar-refractivity contribution in [1.82, 2.24) is 14.9 Å². The van der Waals surface area contributed by atoms with Crippen molar-refractivity contribution in [2.45, 2.75) is 17.3 Å². The number of nitrogens with two attached hydrogens (primary N) is 1. The van der Waals surface area contributed by atoms with Gasteiger partial charge in [-0.1, -0.05) is 17.8 Å². The fourth-order valence-corrected chi connectivity index (χ4v) is 3.08. The number of halogens is 1. The predicted molar refractivity (Wildman–Crippen MR) is 103 cm³/mol. The quantitative estimate of drug-likeness (QED) is 0.281. The van der Waals surface area contributed by atoms with Crippen molar-refractivity contribution in [3.63, 3.8) is 0 Å². The lowest BCUT2D eigenvalue weighted by molar-refractivity contribution is -0.384. The molecule has 0 bridgehead atoms. The maximum atomic E-state index is 13.1. The minimum absolute atomic E-state index is 0.122. The van der Waals surface area contributed by atoms with Crippen molar-refractivity contribution < 1.29 is 14.1 Å². The Morgan fingerprint density at radius 2 is 2.00 bits per heavy atom. The van der Waals surface area contributed by atoms with E-state index in [-0.39, 0.29) is 17.4 Å². The molecule has 28 heavy (non-hydrogen) atoms. The number of carbonyl (C=O) groups is 1. The van der Waals surface area contributed by atoms with Gasteiger partial charge in [-0.3, -0.25) is 14.9 Å². The zero-order valence-corrected chi connectivity index (χ0v) is 15.4. The number of rotatable bonds is 6. The number of nitrogen functional groups attached to an aromatic ring is 1. The number of hydrogen-bond donors (Lipinski definition) is 2. The highest BCUT2D eigenvalue weighted by Crippen LogP contribution is 2.26. The summed E-state index contributed by atoms with van der Waals surface area (Å²) in [6.45, 7) is 1.64. The summed E-state index contributed by atoms with van der Waals surface area (Å²) in [7, 11) is 0. The van der Waals surface area contributed by atoms with E-state index in [1.807, 2.05) is 0 Å². The predicted octanol–water partition coefficient (Wildman–Crippen LogP) is 2.83. The molecule has 1 aromatic heterocycles. The summed E-state index contributed by atoms with van der Waals surface area (Å²) in [6.07, 6.45) is 0. The zero-order valence-electron chi connectivity index (χ0n) is 14.6. The third-order valence-corrected chi connectivity index (χ3v) is 4.80. The van der Waals surface area contributed by atoms with Crippen molar-refractivity contribution in [2.75, 3.05) is 11.2 Å². The van der Waals surface area contributed by atoms with Gasteiger partial charge < -0.3 is 11.2 Å². The Kier molecular flexibility index (Phi) is 5.54. The zero-order chi connectivity index (χ0) is 20.3. The number of nitro benzene ring substituents is 1. The van der Waals surface area contributed by atoms with Crippen LogP contribution in [0.1, 0.15) is 6.92 Å². The molecule has 1 unspecified atom stereocenters. The number of nitro groups is 1. The average molecular weight is 402 g/mol. The second-order valence-electron chi connectivity index (χ2n) is 5.74. The van der Waals surface area contributed by atoms with Gasteiger partial charge in [0.2, 0.25) is 11.1 Å². The monoisotopic (exact) mass is 402 g/mol. The van der Waals surface area contributed by atoms with Gasteiger partial charge in [0.1, 0.15) is 5.82 Å². The molecule has 0 fully saturated rings. The molecule has 0 aliphatic carbocycles. The number of non-ortho nitro benzene ring substituents is 1. The molecule has 0 aliphatic heterocycles. The number of anilines is 1. The Labute approximate surface area is 162 Å². The van der Waals surface area contributed by atoms with Crippen molar-refractivity contribution in [3.8, 4) is 11.4 Å². The van der Waals surface area contributed by atoms with E-state index in [9.17, 15) is 19.3 Å². The van der Waals surface area contributed by atoms with Gasteiger partial charge in [0.15, 0.2) is 5.82 Å². The van der Waals surface area contributed by atoms with Gasteiger partial charge in [-0.05, 0) is 37.3 Å². The van der Waals surface area contributed by atoms with Crippen LogP contribution in [0, 0.1) is 15.9 Å². The van der Waals surface area contributed by atoms with Crippen molar-refractivity contribution >= 4 is 29.0 Å². The Balaban J connectivity index is 1.70.